The zero-order valence-corrected chi connectivity index (χ0v) is 13.8. The van der Waals surface area contributed by atoms with Crippen LogP contribution in [-0.2, 0) is 14.3 Å². The van der Waals surface area contributed by atoms with E-state index >= 15 is 0 Å². The van der Waals surface area contributed by atoms with E-state index in [0.29, 0.717) is 12.2 Å². The van der Waals surface area contributed by atoms with Gasteiger partial charge in [-0.05, 0) is 54.2 Å². The van der Waals surface area contributed by atoms with Gasteiger partial charge in [0.15, 0.2) is 0 Å². The number of aryl methyl sites for hydroxylation is 1. The average molecular weight is 355 g/mol. The summed E-state index contributed by atoms with van der Waals surface area (Å²) in [7, 11) is 1.39. The zero-order chi connectivity index (χ0) is 15.4. The number of hydrogen-bond acceptors (Lipinski definition) is 4. The first kappa shape index (κ1) is 15.9. The van der Waals surface area contributed by atoms with Crippen molar-refractivity contribution in [3.8, 4) is 0 Å². The standard InChI is InChI=1S/C15H19BrN2O3/c1-9-12(16)6-7-13(17-9)18-14(19)10-4-3-5-11(8-10)15(20)21-2/h6-7,10-11H,3-5,8H2,1-2H3,(H,17,18,19)/t10-,11-/m1/s1. The predicted octanol–water partition coefficient (Wildman–Crippen LogP) is 3.07. The molecule has 0 aromatic carbocycles. The van der Waals surface area contributed by atoms with Crippen LogP contribution in [0.25, 0.3) is 0 Å². The van der Waals surface area contributed by atoms with Gasteiger partial charge in [0.25, 0.3) is 0 Å². The Bertz CT molecular complexity index is 548. The third kappa shape index (κ3) is 4.03. The maximum Gasteiger partial charge on any atom is 0.308 e. The number of amides is 1. The molecule has 1 N–H and O–H groups in total. The van der Waals surface area contributed by atoms with Gasteiger partial charge in [-0.2, -0.15) is 0 Å². The molecule has 2 atom stereocenters. The van der Waals surface area contributed by atoms with Crippen LogP contribution in [0.15, 0.2) is 16.6 Å². The smallest absolute Gasteiger partial charge is 0.308 e. The van der Waals surface area contributed by atoms with Gasteiger partial charge in [-0.3, -0.25) is 9.59 Å². The molecule has 1 aliphatic carbocycles. The molecule has 6 heteroatoms. The number of anilines is 1. The molecule has 21 heavy (non-hydrogen) atoms. The molecule has 0 aliphatic heterocycles. The van der Waals surface area contributed by atoms with Crippen LogP contribution < -0.4 is 5.32 Å². The van der Waals surface area contributed by atoms with Crippen molar-refractivity contribution >= 4 is 33.6 Å². The first-order valence-corrected chi connectivity index (χ1v) is 7.82. The number of pyridine rings is 1. The summed E-state index contributed by atoms with van der Waals surface area (Å²) in [5.41, 5.74) is 0.823. The van der Waals surface area contributed by atoms with Gasteiger partial charge in [-0.15, -0.1) is 0 Å². The van der Waals surface area contributed by atoms with Crippen LogP contribution in [0.1, 0.15) is 31.4 Å². The number of methoxy groups -OCH3 is 1. The summed E-state index contributed by atoms with van der Waals surface area (Å²) in [6.45, 7) is 1.87. The summed E-state index contributed by atoms with van der Waals surface area (Å²) in [5, 5.41) is 2.83. The molecule has 1 aromatic heterocycles. The van der Waals surface area contributed by atoms with E-state index in [-0.39, 0.29) is 23.7 Å². The molecule has 0 spiro atoms. The van der Waals surface area contributed by atoms with Gasteiger partial charge in [0.05, 0.1) is 18.7 Å². The lowest BCUT2D eigenvalue weighted by molar-refractivity contribution is -0.147. The summed E-state index contributed by atoms with van der Waals surface area (Å²) >= 11 is 3.38. The van der Waals surface area contributed by atoms with Crippen LogP contribution in [0.5, 0.6) is 0 Å². The second kappa shape index (κ2) is 7.02. The van der Waals surface area contributed by atoms with Gasteiger partial charge in [0.2, 0.25) is 5.91 Å². The topological polar surface area (TPSA) is 68.3 Å². The van der Waals surface area contributed by atoms with Gasteiger partial charge in [-0.25, -0.2) is 4.98 Å². The van der Waals surface area contributed by atoms with Crippen molar-refractivity contribution < 1.29 is 14.3 Å². The van der Waals surface area contributed by atoms with Crippen molar-refractivity contribution in [3.05, 3.63) is 22.3 Å². The Morgan fingerprint density at radius 3 is 2.71 bits per heavy atom. The SMILES string of the molecule is COC(=O)[C@@H]1CCC[C@@H](C(=O)Nc2ccc(Br)c(C)n2)C1. The van der Waals surface area contributed by atoms with E-state index in [1.807, 2.05) is 13.0 Å². The Morgan fingerprint density at radius 2 is 2.05 bits per heavy atom. The monoisotopic (exact) mass is 354 g/mol. The first-order valence-electron chi connectivity index (χ1n) is 7.03. The molecule has 2 rings (SSSR count). The van der Waals surface area contributed by atoms with Crippen molar-refractivity contribution in [3.63, 3.8) is 0 Å². The Balaban J connectivity index is 1.99. The molecule has 1 heterocycles. The van der Waals surface area contributed by atoms with E-state index in [1.54, 1.807) is 6.07 Å². The summed E-state index contributed by atoms with van der Waals surface area (Å²) in [4.78, 5) is 28.2. The number of carbonyl (C=O) groups excluding carboxylic acids is 2. The molecule has 5 nitrogen and oxygen atoms in total. The molecule has 1 aromatic rings. The second-order valence-electron chi connectivity index (χ2n) is 5.34. The van der Waals surface area contributed by atoms with E-state index < -0.39 is 0 Å². The number of rotatable bonds is 3. The number of halogens is 1. The number of esters is 1. The largest absolute Gasteiger partial charge is 0.469 e. The normalized spacial score (nSPS) is 21.7. The number of nitrogens with zero attached hydrogens (tertiary/aromatic N) is 1. The molecular weight excluding hydrogens is 336 g/mol. The van der Waals surface area contributed by atoms with Gasteiger partial charge in [0, 0.05) is 10.4 Å². The fraction of sp³-hybridized carbons (Fsp3) is 0.533. The van der Waals surface area contributed by atoms with Crippen molar-refractivity contribution in [2.45, 2.75) is 32.6 Å². The third-order valence-corrected chi connectivity index (χ3v) is 4.69. The maximum atomic E-state index is 12.3. The quantitative estimate of drug-likeness (QED) is 0.847. The van der Waals surface area contributed by atoms with Crippen LogP contribution in [0.2, 0.25) is 0 Å². The van der Waals surface area contributed by atoms with Crippen LogP contribution in [-0.4, -0.2) is 24.0 Å². The minimum atomic E-state index is -0.217. The molecule has 0 saturated heterocycles. The molecule has 0 bridgehead atoms. The first-order chi connectivity index (χ1) is 10.0. The van der Waals surface area contributed by atoms with Gasteiger partial charge in [-0.1, -0.05) is 6.42 Å². The van der Waals surface area contributed by atoms with Gasteiger partial charge < -0.3 is 10.1 Å². The second-order valence-corrected chi connectivity index (χ2v) is 6.19. The molecule has 1 aliphatic rings. The fourth-order valence-corrected chi connectivity index (χ4v) is 2.87. The van der Waals surface area contributed by atoms with Crippen molar-refractivity contribution in [1.29, 1.82) is 0 Å². The number of carbonyl (C=O) groups is 2. The fourth-order valence-electron chi connectivity index (χ4n) is 2.65. The Kier molecular flexibility index (Phi) is 5.33. The molecular formula is C15H19BrN2O3. The van der Waals surface area contributed by atoms with Crippen LogP contribution in [0, 0.1) is 18.8 Å². The minimum Gasteiger partial charge on any atom is -0.469 e. The van der Waals surface area contributed by atoms with E-state index in [9.17, 15) is 9.59 Å². The highest BCUT2D eigenvalue weighted by molar-refractivity contribution is 9.10. The maximum absolute atomic E-state index is 12.3. The number of nitrogens with one attached hydrogen (secondary N) is 1. The Morgan fingerprint density at radius 1 is 1.33 bits per heavy atom. The summed E-state index contributed by atoms with van der Waals surface area (Å²) in [5.74, 6) is -0.0726. The summed E-state index contributed by atoms with van der Waals surface area (Å²) in [6, 6.07) is 3.62. The van der Waals surface area contributed by atoms with Crippen LogP contribution >= 0.6 is 15.9 Å². The number of ether oxygens (including phenoxy) is 1. The van der Waals surface area contributed by atoms with Crippen molar-refractivity contribution in [2.75, 3.05) is 12.4 Å². The lowest BCUT2D eigenvalue weighted by atomic mass is 9.81. The third-order valence-electron chi connectivity index (χ3n) is 3.85. The van der Waals surface area contributed by atoms with E-state index in [0.717, 1.165) is 29.4 Å². The molecule has 1 fully saturated rings. The average Bonchev–Trinajstić information content (AvgIpc) is 2.50. The minimum absolute atomic E-state index is 0.0715. The Labute approximate surface area is 132 Å². The molecule has 1 amide bonds. The van der Waals surface area contributed by atoms with Gasteiger partial charge >= 0.3 is 5.97 Å². The highest BCUT2D eigenvalue weighted by Crippen LogP contribution is 2.30. The molecule has 0 unspecified atom stereocenters. The van der Waals surface area contributed by atoms with Crippen LogP contribution in [0.3, 0.4) is 0 Å². The highest BCUT2D eigenvalue weighted by Gasteiger charge is 2.31. The highest BCUT2D eigenvalue weighted by atomic mass is 79.9. The van der Waals surface area contributed by atoms with Crippen molar-refractivity contribution in [1.82, 2.24) is 4.98 Å². The summed E-state index contributed by atoms with van der Waals surface area (Å²) in [6.07, 6.45) is 3.01. The predicted molar refractivity (Wildman–Crippen MR) is 82.8 cm³/mol. The molecule has 1 saturated carbocycles. The lowest BCUT2D eigenvalue weighted by Crippen LogP contribution is -2.31. The van der Waals surface area contributed by atoms with Crippen molar-refractivity contribution in [2.24, 2.45) is 11.8 Å². The molecule has 0 radical (unpaired) electrons. The lowest BCUT2D eigenvalue weighted by Gasteiger charge is -2.26. The number of aromatic nitrogens is 1. The van der Waals surface area contributed by atoms with Gasteiger partial charge in [0.1, 0.15) is 5.82 Å². The number of hydrogen-bond donors (Lipinski definition) is 1. The zero-order valence-electron chi connectivity index (χ0n) is 12.2. The van der Waals surface area contributed by atoms with E-state index in [4.69, 9.17) is 4.74 Å². The van der Waals surface area contributed by atoms with E-state index in [2.05, 4.69) is 26.2 Å². The molecule has 114 valence electrons. The Hall–Kier alpha value is -1.43. The summed E-state index contributed by atoms with van der Waals surface area (Å²) < 4.78 is 5.68. The van der Waals surface area contributed by atoms with Crippen LogP contribution in [0.4, 0.5) is 5.82 Å². The van der Waals surface area contributed by atoms with E-state index in [1.165, 1.54) is 7.11 Å².